The molecular weight excluding hydrogens is 484 g/mol. The van der Waals surface area contributed by atoms with Gasteiger partial charge in [-0.3, -0.25) is 9.59 Å². The molecule has 3 aromatic carbocycles. The Labute approximate surface area is 227 Å². The maximum Gasteiger partial charge on any atom is 0.228 e. The summed E-state index contributed by atoms with van der Waals surface area (Å²) in [6, 6.07) is 24.9. The number of hydrogen-bond donors (Lipinski definition) is 2. The van der Waals surface area contributed by atoms with E-state index in [1.165, 1.54) is 21.9 Å². The van der Waals surface area contributed by atoms with Crippen molar-refractivity contribution in [3.05, 3.63) is 102 Å². The topological polar surface area (TPSA) is 72.2 Å². The highest BCUT2D eigenvalue weighted by Gasteiger charge is 2.44. The van der Waals surface area contributed by atoms with Crippen molar-refractivity contribution in [2.24, 2.45) is 5.92 Å². The molecule has 7 rings (SSSR count). The van der Waals surface area contributed by atoms with Crippen LogP contribution in [0.3, 0.4) is 0 Å². The van der Waals surface area contributed by atoms with Crippen molar-refractivity contribution in [2.75, 3.05) is 24.5 Å². The zero-order valence-corrected chi connectivity index (χ0v) is 22.1. The van der Waals surface area contributed by atoms with Gasteiger partial charge in [-0.2, -0.15) is 0 Å². The maximum atomic E-state index is 13.7. The van der Waals surface area contributed by atoms with Gasteiger partial charge >= 0.3 is 0 Å². The first-order chi connectivity index (χ1) is 19.0. The third-order valence-electron chi connectivity index (χ3n) is 8.96. The van der Waals surface area contributed by atoms with Crippen molar-refractivity contribution in [3.63, 3.8) is 0 Å². The number of anilines is 1. The fourth-order valence-electron chi connectivity index (χ4n) is 6.83. The van der Waals surface area contributed by atoms with Crippen LogP contribution >= 0.6 is 0 Å². The van der Waals surface area contributed by atoms with Crippen LogP contribution in [0.4, 0.5) is 5.69 Å². The van der Waals surface area contributed by atoms with E-state index in [1.54, 1.807) is 4.90 Å². The van der Waals surface area contributed by atoms with E-state index in [9.17, 15) is 9.59 Å². The normalized spacial score (nSPS) is 19.3. The average Bonchev–Trinajstić information content (AvgIpc) is 3.70. The molecule has 0 aliphatic carbocycles. The van der Waals surface area contributed by atoms with E-state index in [0.717, 1.165) is 35.1 Å². The smallest absolute Gasteiger partial charge is 0.228 e. The zero-order valence-electron chi connectivity index (χ0n) is 22.1. The molecule has 2 amide bonds. The zero-order chi connectivity index (χ0) is 26.6. The number of para-hydroxylation sites is 2. The number of fused-ring (bicyclic) bond motifs is 2. The number of likely N-dealkylation sites (tertiary alicyclic amines) is 1. The quantitative estimate of drug-likeness (QED) is 0.311. The number of rotatable bonds is 4. The number of amides is 2. The fraction of sp³-hybridized carbons (Fsp3) is 0.273. The molecule has 2 aliphatic heterocycles. The third-order valence-corrected chi connectivity index (χ3v) is 8.96. The molecular formula is C33H32N4O2. The Morgan fingerprint density at radius 2 is 1.38 bits per heavy atom. The molecule has 0 spiro atoms. The highest BCUT2D eigenvalue weighted by Crippen LogP contribution is 2.47. The molecule has 2 fully saturated rings. The van der Waals surface area contributed by atoms with Crippen LogP contribution in [0, 0.1) is 12.8 Å². The van der Waals surface area contributed by atoms with E-state index in [-0.39, 0.29) is 29.6 Å². The molecule has 0 saturated carbocycles. The molecule has 0 unspecified atom stereocenters. The highest BCUT2D eigenvalue weighted by molar-refractivity contribution is 6.00. The molecule has 196 valence electrons. The van der Waals surface area contributed by atoms with Crippen molar-refractivity contribution in [2.45, 2.75) is 31.6 Å². The molecule has 2 aliphatic rings. The van der Waals surface area contributed by atoms with Crippen LogP contribution in [-0.4, -0.2) is 46.3 Å². The second kappa shape index (κ2) is 9.16. The van der Waals surface area contributed by atoms with Gasteiger partial charge in [-0.1, -0.05) is 54.1 Å². The third kappa shape index (κ3) is 3.85. The minimum atomic E-state index is -0.299. The minimum Gasteiger partial charge on any atom is -0.361 e. The molecule has 4 heterocycles. The van der Waals surface area contributed by atoms with Gasteiger partial charge in [0.15, 0.2) is 0 Å². The first kappa shape index (κ1) is 23.8. The van der Waals surface area contributed by atoms with Crippen LogP contribution in [0.25, 0.3) is 21.8 Å². The molecule has 5 aromatic rings. The molecule has 0 radical (unpaired) electrons. The molecule has 1 atom stereocenters. The summed E-state index contributed by atoms with van der Waals surface area (Å²) >= 11 is 0. The molecule has 6 nitrogen and oxygen atoms in total. The number of nitrogens with zero attached hydrogens (tertiary/aromatic N) is 2. The molecule has 2 saturated heterocycles. The number of piperidine rings is 1. The van der Waals surface area contributed by atoms with Gasteiger partial charge in [0.2, 0.25) is 11.8 Å². The molecule has 2 aromatic heterocycles. The van der Waals surface area contributed by atoms with Gasteiger partial charge in [0.1, 0.15) is 0 Å². The average molecular weight is 517 g/mol. The van der Waals surface area contributed by atoms with E-state index in [4.69, 9.17) is 0 Å². The SMILES string of the molecule is Cc1ccc(N2C[C@@H](C(=O)N3CCC(c4c[nH]c5ccccc45)(c4c[nH]c5ccccc45)CC3)CC2=O)cc1. The monoisotopic (exact) mass is 516 g/mol. The summed E-state index contributed by atoms with van der Waals surface area (Å²) < 4.78 is 0. The van der Waals surface area contributed by atoms with Gasteiger partial charge in [-0.25, -0.2) is 0 Å². The van der Waals surface area contributed by atoms with E-state index in [2.05, 4.69) is 70.9 Å². The number of carbonyl (C=O) groups excluding carboxylic acids is 2. The second-order valence-electron chi connectivity index (χ2n) is 11.1. The highest BCUT2D eigenvalue weighted by atomic mass is 16.2. The Morgan fingerprint density at radius 3 is 1.97 bits per heavy atom. The van der Waals surface area contributed by atoms with E-state index in [1.807, 2.05) is 36.1 Å². The number of benzene rings is 3. The number of carbonyl (C=O) groups is 2. The van der Waals surface area contributed by atoms with Crippen molar-refractivity contribution < 1.29 is 9.59 Å². The van der Waals surface area contributed by atoms with Gasteiger partial charge in [0.25, 0.3) is 0 Å². The first-order valence-corrected chi connectivity index (χ1v) is 13.8. The Hall–Kier alpha value is -4.32. The molecule has 0 bridgehead atoms. The van der Waals surface area contributed by atoms with E-state index >= 15 is 0 Å². The molecule has 6 heteroatoms. The number of hydrogen-bond acceptors (Lipinski definition) is 2. The number of aromatic amines is 2. The van der Waals surface area contributed by atoms with Gasteiger partial charge < -0.3 is 19.8 Å². The van der Waals surface area contributed by atoms with Gasteiger partial charge in [-0.05, 0) is 55.2 Å². The Bertz CT molecular complexity index is 1610. The lowest BCUT2D eigenvalue weighted by Gasteiger charge is -2.43. The lowest BCUT2D eigenvalue weighted by Crippen LogP contribution is -2.47. The number of nitrogens with one attached hydrogen (secondary N) is 2. The maximum absolute atomic E-state index is 13.7. The van der Waals surface area contributed by atoms with Crippen LogP contribution in [0.15, 0.2) is 85.2 Å². The lowest BCUT2D eigenvalue weighted by molar-refractivity contribution is -0.137. The Balaban J connectivity index is 1.18. The summed E-state index contributed by atoms with van der Waals surface area (Å²) in [5.74, 6) is -0.168. The van der Waals surface area contributed by atoms with Crippen LogP contribution in [0.1, 0.15) is 36.0 Å². The van der Waals surface area contributed by atoms with Crippen LogP contribution in [-0.2, 0) is 15.0 Å². The number of aromatic nitrogens is 2. The van der Waals surface area contributed by atoms with Crippen molar-refractivity contribution in [3.8, 4) is 0 Å². The predicted octanol–water partition coefficient (Wildman–Crippen LogP) is 5.92. The van der Waals surface area contributed by atoms with Crippen molar-refractivity contribution >= 4 is 39.3 Å². The fourth-order valence-corrected chi connectivity index (χ4v) is 6.83. The summed E-state index contributed by atoms with van der Waals surface area (Å²) in [5, 5.41) is 2.47. The van der Waals surface area contributed by atoms with Crippen LogP contribution in [0.5, 0.6) is 0 Å². The van der Waals surface area contributed by atoms with Gasteiger partial charge in [-0.15, -0.1) is 0 Å². The summed E-state index contributed by atoms with van der Waals surface area (Å²) in [6.07, 6.45) is 6.26. The summed E-state index contributed by atoms with van der Waals surface area (Å²) in [6.45, 7) is 3.80. The lowest BCUT2D eigenvalue weighted by atomic mass is 9.67. The summed E-state index contributed by atoms with van der Waals surface area (Å²) in [4.78, 5) is 37.3. The molecule has 39 heavy (non-hydrogen) atoms. The second-order valence-corrected chi connectivity index (χ2v) is 11.1. The van der Waals surface area contributed by atoms with Gasteiger partial charge in [0.05, 0.1) is 5.92 Å². The van der Waals surface area contributed by atoms with Crippen molar-refractivity contribution in [1.82, 2.24) is 14.9 Å². The first-order valence-electron chi connectivity index (χ1n) is 13.8. The predicted molar refractivity (Wildman–Crippen MR) is 155 cm³/mol. The number of H-pyrrole nitrogens is 2. The Morgan fingerprint density at radius 1 is 0.821 bits per heavy atom. The molecule has 2 N–H and O–H groups in total. The van der Waals surface area contributed by atoms with Gasteiger partial charge in [0, 0.05) is 71.4 Å². The number of aryl methyl sites for hydroxylation is 1. The van der Waals surface area contributed by atoms with E-state index < -0.39 is 0 Å². The van der Waals surface area contributed by atoms with E-state index in [0.29, 0.717) is 19.6 Å². The summed E-state index contributed by atoms with van der Waals surface area (Å²) in [5.41, 5.74) is 6.64. The largest absolute Gasteiger partial charge is 0.361 e. The van der Waals surface area contributed by atoms with Crippen molar-refractivity contribution in [1.29, 1.82) is 0 Å². The standard InChI is InChI=1S/C33H32N4O2/c1-22-10-12-24(13-11-22)37-21-23(18-31(37)38)32(39)36-16-14-33(15-17-36,27-19-34-29-8-4-2-6-25(27)29)28-20-35-30-9-5-3-7-26(28)30/h2-13,19-20,23,34-35H,14-18,21H2,1H3/t23-/m0/s1. The summed E-state index contributed by atoms with van der Waals surface area (Å²) in [7, 11) is 0. The minimum absolute atomic E-state index is 0.0288. The van der Waals surface area contributed by atoms with Crippen LogP contribution in [0.2, 0.25) is 0 Å². The Kier molecular flexibility index (Phi) is 5.58. The van der Waals surface area contributed by atoms with Crippen LogP contribution < -0.4 is 4.90 Å².